The number of piperazine rings is 1. The molecule has 2 fully saturated rings. The van der Waals surface area contributed by atoms with Crippen LogP contribution in [0.1, 0.15) is 45.3 Å². The maximum atomic E-state index is 12.3. The Kier molecular flexibility index (Phi) is 7.60. The predicted molar refractivity (Wildman–Crippen MR) is 132 cm³/mol. The van der Waals surface area contributed by atoms with Crippen molar-refractivity contribution < 1.29 is 19.4 Å². The number of pyridine rings is 1. The van der Waals surface area contributed by atoms with Gasteiger partial charge in [-0.3, -0.25) is 14.8 Å². The van der Waals surface area contributed by atoms with Gasteiger partial charge in [-0.25, -0.2) is 4.79 Å². The molecule has 2 aliphatic heterocycles. The zero-order valence-electron chi connectivity index (χ0n) is 20.9. The summed E-state index contributed by atoms with van der Waals surface area (Å²) in [5.74, 6) is 0.693. The third-order valence-electron chi connectivity index (χ3n) is 6.80. The van der Waals surface area contributed by atoms with E-state index in [1.807, 2.05) is 49.9 Å². The summed E-state index contributed by atoms with van der Waals surface area (Å²) < 4.78 is 10.8. The monoisotopic (exact) mass is 470 g/mol. The van der Waals surface area contributed by atoms with Crippen LogP contribution >= 0.6 is 0 Å². The first-order valence-electron chi connectivity index (χ1n) is 12.3. The first-order chi connectivity index (χ1) is 16.2. The highest BCUT2D eigenvalue weighted by atomic mass is 16.6. The summed E-state index contributed by atoms with van der Waals surface area (Å²) in [5.41, 5.74) is 1.30. The first kappa shape index (κ1) is 24.7. The SMILES string of the molecule is COc1cnc2cccc(C(O)CN3CCN(C4CCN(C(=O)OC(C)(C)C)CC4)CC3)c2c1. The average molecular weight is 471 g/mol. The fourth-order valence-corrected chi connectivity index (χ4v) is 4.95. The molecule has 0 spiro atoms. The lowest BCUT2D eigenvalue weighted by atomic mass is 10.0. The molecule has 2 saturated heterocycles. The number of carbonyl (C=O) groups excluding carboxylic acids is 1. The van der Waals surface area contributed by atoms with Crippen molar-refractivity contribution in [1.29, 1.82) is 0 Å². The van der Waals surface area contributed by atoms with E-state index in [-0.39, 0.29) is 6.09 Å². The van der Waals surface area contributed by atoms with Gasteiger partial charge in [0.05, 0.1) is 24.9 Å². The maximum absolute atomic E-state index is 12.3. The van der Waals surface area contributed by atoms with Gasteiger partial charge >= 0.3 is 6.09 Å². The third-order valence-corrected chi connectivity index (χ3v) is 6.80. The van der Waals surface area contributed by atoms with Gasteiger partial charge < -0.3 is 19.5 Å². The highest BCUT2D eigenvalue weighted by molar-refractivity contribution is 5.83. The van der Waals surface area contributed by atoms with E-state index in [2.05, 4.69) is 14.8 Å². The summed E-state index contributed by atoms with van der Waals surface area (Å²) in [6, 6.07) is 8.33. The van der Waals surface area contributed by atoms with E-state index in [0.717, 1.165) is 68.6 Å². The van der Waals surface area contributed by atoms with Crippen molar-refractivity contribution in [3.8, 4) is 5.75 Å². The zero-order valence-corrected chi connectivity index (χ0v) is 20.9. The number of β-amino-alcohol motifs (C(OH)–C–C–N with tert-alkyl or cyclic N) is 1. The predicted octanol–water partition coefficient (Wildman–Crippen LogP) is 3.29. The number of aromatic nitrogens is 1. The molecule has 1 N–H and O–H groups in total. The van der Waals surface area contributed by atoms with Crippen molar-refractivity contribution in [2.75, 3.05) is 52.9 Å². The molecule has 1 atom stereocenters. The molecule has 8 nitrogen and oxygen atoms in total. The van der Waals surface area contributed by atoms with E-state index >= 15 is 0 Å². The summed E-state index contributed by atoms with van der Waals surface area (Å²) >= 11 is 0. The van der Waals surface area contributed by atoms with Gasteiger partial charge in [0.15, 0.2) is 0 Å². The fourth-order valence-electron chi connectivity index (χ4n) is 4.95. The van der Waals surface area contributed by atoms with Gasteiger partial charge in [0.2, 0.25) is 0 Å². The number of piperidine rings is 1. The minimum absolute atomic E-state index is 0.203. The molecule has 0 aliphatic carbocycles. The van der Waals surface area contributed by atoms with Crippen LogP contribution in [0.25, 0.3) is 10.9 Å². The van der Waals surface area contributed by atoms with Crippen molar-refractivity contribution in [1.82, 2.24) is 19.7 Å². The summed E-state index contributed by atoms with van der Waals surface area (Å²) in [7, 11) is 1.63. The summed E-state index contributed by atoms with van der Waals surface area (Å²) in [5, 5.41) is 12.0. The number of benzene rings is 1. The molecule has 0 bridgehead atoms. The number of aliphatic hydroxyl groups is 1. The second-order valence-corrected chi connectivity index (χ2v) is 10.3. The van der Waals surface area contributed by atoms with E-state index in [4.69, 9.17) is 9.47 Å². The number of ether oxygens (including phenoxy) is 2. The van der Waals surface area contributed by atoms with Gasteiger partial charge in [-0.15, -0.1) is 0 Å². The number of likely N-dealkylation sites (tertiary alicyclic amines) is 1. The molecule has 4 rings (SSSR count). The topological polar surface area (TPSA) is 78.4 Å². The van der Waals surface area contributed by atoms with Crippen molar-refractivity contribution in [3.63, 3.8) is 0 Å². The number of hydrogen-bond acceptors (Lipinski definition) is 7. The molecule has 1 amide bonds. The Labute approximate surface area is 202 Å². The Morgan fingerprint density at radius 2 is 1.85 bits per heavy atom. The lowest BCUT2D eigenvalue weighted by Crippen LogP contribution is -2.54. The van der Waals surface area contributed by atoms with Crippen LogP contribution in [0.2, 0.25) is 0 Å². The summed E-state index contributed by atoms with van der Waals surface area (Å²) in [6.45, 7) is 11.6. The van der Waals surface area contributed by atoms with Crippen LogP contribution in [-0.2, 0) is 4.74 Å². The lowest BCUT2D eigenvalue weighted by Gasteiger charge is -2.43. The molecule has 1 unspecified atom stereocenters. The van der Waals surface area contributed by atoms with Crippen LogP contribution in [0, 0.1) is 0 Å². The summed E-state index contributed by atoms with van der Waals surface area (Å²) in [4.78, 5) is 23.5. The van der Waals surface area contributed by atoms with Gasteiger partial charge in [0, 0.05) is 57.2 Å². The average Bonchev–Trinajstić information content (AvgIpc) is 2.82. The van der Waals surface area contributed by atoms with Crippen molar-refractivity contribution in [2.24, 2.45) is 0 Å². The van der Waals surface area contributed by atoms with Gasteiger partial charge in [0.25, 0.3) is 0 Å². The molecule has 0 radical (unpaired) electrons. The van der Waals surface area contributed by atoms with Gasteiger partial charge in [0.1, 0.15) is 11.4 Å². The van der Waals surface area contributed by atoms with E-state index in [9.17, 15) is 9.90 Å². The largest absolute Gasteiger partial charge is 0.495 e. The lowest BCUT2D eigenvalue weighted by molar-refractivity contribution is 0.00753. The van der Waals surface area contributed by atoms with Crippen LogP contribution < -0.4 is 4.74 Å². The standard InChI is InChI=1S/C26H38N4O4/c1-26(2,3)34-25(32)30-10-8-19(9-11-30)29-14-12-28(13-15-29)18-24(31)21-6-5-7-23-22(21)16-20(33-4)17-27-23/h5-7,16-17,19,24,31H,8-15,18H2,1-4H3. The zero-order chi connectivity index (χ0) is 24.3. The highest BCUT2D eigenvalue weighted by Crippen LogP contribution is 2.27. The molecule has 8 heteroatoms. The number of nitrogens with zero attached hydrogens (tertiary/aromatic N) is 4. The molecule has 1 aromatic carbocycles. The third kappa shape index (κ3) is 5.98. The van der Waals surface area contributed by atoms with E-state index in [1.165, 1.54) is 0 Å². The van der Waals surface area contributed by atoms with Crippen LogP contribution in [0.4, 0.5) is 4.79 Å². The van der Waals surface area contributed by atoms with Crippen LogP contribution in [-0.4, -0.2) is 95.4 Å². The molecule has 2 aliphatic rings. The second kappa shape index (κ2) is 10.5. The molecule has 1 aromatic heterocycles. The minimum Gasteiger partial charge on any atom is -0.495 e. The van der Waals surface area contributed by atoms with Crippen molar-refractivity contribution >= 4 is 17.0 Å². The second-order valence-electron chi connectivity index (χ2n) is 10.3. The highest BCUT2D eigenvalue weighted by Gasteiger charge is 2.31. The molecular weight excluding hydrogens is 432 g/mol. The van der Waals surface area contributed by atoms with Crippen LogP contribution in [0.5, 0.6) is 5.75 Å². The fraction of sp³-hybridized carbons (Fsp3) is 0.615. The van der Waals surface area contributed by atoms with Gasteiger partial charge in [-0.1, -0.05) is 12.1 Å². The van der Waals surface area contributed by atoms with E-state index in [1.54, 1.807) is 13.3 Å². The number of aliphatic hydroxyl groups excluding tert-OH is 1. The van der Waals surface area contributed by atoms with Crippen LogP contribution in [0.3, 0.4) is 0 Å². The molecular formula is C26H38N4O4. The molecule has 3 heterocycles. The number of fused-ring (bicyclic) bond motifs is 1. The quantitative estimate of drug-likeness (QED) is 0.718. The minimum atomic E-state index is -0.582. The number of rotatable bonds is 5. The van der Waals surface area contributed by atoms with Crippen LogP contribution in [0.15, 0.2) is 30.5 Å². The van der Waals surface area contributed by atoms with Crippen molar-refractivity contribution in [3.05, 3.63) is 36.0 Å². The number of hydrogen-bond donors (Lipinski definition) is 1. The Hall–Kier alpha value is -2.42. The van der Waals surface area contributed by atoms with E-state index in [0.29, 0.717) is 18.3 Å². The number of amides is 1. The Morgan fingerprint density at radius 3 is 2.50 bits per heavy atom. The van der Waals surface area contributed by atoms with E-state index < -0.39 is 11.7 Å². The normalized spacial score (nSPS) is 19.9. The van der Waals surface area contributed by atoms with Gasteiger partial charge in [-0.05, 0) is 51.3 Å². The number of methoxy groups -OCH3 is 1. The Morgan fingerprint density at radius 1 is 1.15 bits per heavy atom. The molecule has 186 valence electrons. The Balaban J connectivity index is 1.27. The summed E-state index contributed by atoms with van der Waals surface area (Å²) in [6.07, 6.45) is 2.88. The van der Waals surface area contributed by atoms with Gasteiger partial charge in [-0.2, -0.15) is 0 Å². The van der Waals surface area contributed by atoms with Crippen molar-refractivity contribution in [2.45, 2.75) is 51.4 Å². The molecule has 2 aromatic rings. The molecule has 34 heavy (non-hydrogen) atoms. The smallest absolute Gasteiger partial charge is 0.410 e. The Bertz CT molecular complexity index is 976. The maximum Gasteiger partial charge on any atom is 0.410 e. The number of carbonyl (C=O) groups is 1. The molecule has 0 saturated carbocycles. The first-order valence-corrected chi connectivity index (χ1v) is 12.3.